The van der Waals surface area contributed by atoms with Crippen LogP contribution in [-0.4, -0.2) is 46.3 Å². The Kier molecular flexibility index (Phi) is 6.73. The van der Waals surface area contributed by atoms with Gasteiger partial charge in [-0.25, -0.2) is 4.99 Å². The number of nitrogens with zero attached hydrogens (tertiary/aromatic N) is 4. The Balaban J connectivity index is 1.58. The molecule has 0 radical (unpaired) electrons. The van der Waals surface area contributed by atoms with Crippen molar-refractivity contribution in [1.82, 2.24) is 25.3 Å². The van der Waals surface area contributed by atoms with Crippen LogP contribution in [0.5, 0.6) is 0 Å². The zero-order valence-corrected chi connectivity index (χ0v) is 17.9. The summed E-state index contributed by atoms with van der Waals surface area (Å²) >= 11 is 0. The molecule has 1 aliphatic rings. The van der Waals surface area contributed by atoms with Gasteiger partial charge in [0.25, 0.3) is 0 Å². The summed E-state index contributed by atoms with van der Waals surface area (Å²) in [6.07, 6.45) is 1.13. The Morgan fingerprint density at radius 2 is 1.96 bits per heavy atom. The number of hydrogen-bond acceptors (Lipinski definition) is 3. The minimum atomic E-state index is 0.444. The lowest BCUT2D eigenvalue weighted by Crippen LogP contribution is -2.47. The summed E-state index contributed by atoms with van der Waals surface area (Å²) in [7, 11) is 1.98. The van der Waals surface area contributed by atoms with Gasteiger partial charge in [-0.15, -0.1) is 0 Å². The van der Waals surface area contributed by atoms with Crippen LogP contribution in [0, 0.1) is 13.8 Å². The smallest absolute Gasteiger partial charge is 0.191 e. The summed E-state index contributed by atoms with van der Waals surface area (Å²) in [6.45, 7) is 13.1. The van der Waals surface area contributed by atoms with Gasteiger partial charge in [0.15, 0.2) is 5.96 Å². The standard InChI is InChI=1S/C22H34N6/c1-6-23-22(25-14-21-17(3)26-27(5)18(21)4)24-13-16(2)28-12-11-19-9-7-8-10-20(19)15-28/h7-10,16H,6,11-15H2,1-5H3,(H2,23,24,25). The van der Waals surface area contributed by atoms with Crippen molar-refractivity contribution in [3.8, 4) is 0 Å². The molecule has 1 unspecified atom stereocenters. The van der Waals surface area contributed by atoms with Crippen LogP contribution in [-0.2, 0) is 26.6 Å². The average molecular weight is 383 g/mol. The molecular formula is C22H34N6. The summed E-state index contributed by atoms with van der Waals surface area (Å²) in [5.41, 5.74) is 6.40. The summed E-state index contributed by atoms with van der Waals surface area (Å²) in [6, 6.07) is 9.24. The van der Waals surface area contributed by atoms with E-state index in [9.17, 15) is 0 Å². The molecule has 0 fully saturated rings. The molecule has 1 aromatic carbocycles. The zero-order chi connectivity index (χ0) is 20.1. The first-order chi connectivity index (χ1) is 13.5. The monoisotopic (exact) mass is 382 g/mol. The maximum Gasteiger partial charge on any atom is 0.191 e. The van der Waals surface area contributed by atoms with Gasteiger partial charge in [-0.2, -0.15) is 5.10 Å². The van der Waals surface area contributed by atoms with E-state index in [1.807, 2.05) is 11.7 Å². The molecule has 0 aliphatic carbocycles. The highest BCUT2D eigenvalue weighted by atomic mass is 15.3. The third-order valence-electron chi connectivity index (χ3n) is 5.75. The highest BCUT2D eigenvalue weighted by Crippen LogP contribution is 2.20. The van der Waals surface area contributed by atoms with E-state index in [1.165, 1.54) is 22.4 Å². The zero-order valence-electron chi connectivity index (χ0n) is 17.9. The van der Waals surface area contributed by atoms with Crippen LogP contribution in [0.4, 0.5) is 0 Å². The molecule has 2 aromatic rings. The van der Waals surface area contributed by atoms with E-state index >= 15 is 0 Å². The first kappa shape index (κ1) is 20.4. The van der Waals surface area contributed by atoms with Crippen LogP contribution in [0.15, 0.2) is 29.3 Å². The molecule has 2 heterocycles. The van der Waals surface area contributed by atoms with Gasteiger partial charge in [-0.05, 0) is 45.2 Å². The van der Waals surface area contributed by atoms with Crippen LogP contribution < -0.4 is 10.6 Å². The fraction of sp³-hybridized carbons (Fsp3) is 0.545. The first-order valence-corrected chi connectivity index (χ1v) is 10.3. The number of fused-ring (bicyclic) bond motifs is 1. The van der Waals surface area contributed by atoms with Gasteiger partial charge in [-0.1, -0.05) is 24.3 Å². The van der Waals surface area contributed by atoms with E-state index < -0.39 is 0 Å². The number of rotatable bonds is 6. The summed E-state index contributed by atoms with van der Waals surface area (Å²) in [4.78, 5) is 7.34. The number of hydrogen-bond donors (Lipinski definition) is 2. The lowest BCUT2D eigenvalue weighted by molar-refractivity contribution is 0.191. The fourth-order valence-corrected chi connectivity index (χ4v) is 3.81. The molecule has 1 atom stereocenters. The van der Waals surface area contributed by atoms with Crippen LogP contribution in [0.3, 0.4) is 0 Å². The van der Waals surface area contributed by atoms with E-state index in [2.05, 4.69) is 72.6 Å². The predicted octanol–water partition coefficient (Wildman–Crippen LogP) is 2.54. The van der Waals surface area contributed by atoms with Gasteiger partial charge in [0.2, 0.25) is 0 Å². The first-order valence-electron chi connectivity index (χ1n) is 10.3. The molecule has 1 aromatic heterocycles. The molecule has 6 heteroatoms. The van der Waals surface area contributed by atoms with Crippen molar-refractivity contribution in [2.75, 3.05) is 19.6 Å². The van der Waals surface area contributed by atoms with Crippen molar-refractivity contribution in [2.24, 2.45) is 12.0 Å². The summed E-state index contributed by atoms with van der Waals surface area (Å²) in [5, 5.41) is 11.4. The van der Waals surface area contributed by atoms with Gasteiger partial charge < -0.3 is 10.6 Å². The minimum Gasteiger partial charge on any atom is -0.357 e. The topological polar surface area (TPSA) is 57.5 Å². The molecule has 1 aliphatic heterocycles. The van der Waals surface area contributed by atoms with Crippen molar-refractivity contribution in [2.45, 2.75) is 53.2 Å². The van der Waals surface area contributed by atoms with Crippen molar-refractivity contribution in [1.29, 1.82) is 0 Å². The van der Waals surface area contributed by atoms with Gasteiger partial charge in [0, 0.05) is 50.5 Å². The van der Waals surface area contributed by atoms with Crippen LogP contribution in [0.2, 0.25) is 0 Å². The Labute approximate surface area is 169 Å². The largest absolute Gasteiger partial charge is 0.357 e. The van der Waals surface area contributed by atoms with Crippen molar-refractivity contribution >= 4 is 5.96 Å². The predicted molar refractivity (Wildman–Crippen MR) is 116 cm³/mol. The highest BCUT2D eigenvalue weighted by Gasteiger charge is 2.20. The van der Waals surface area contributed by atoms with E-state index in [-0.39, 0.29) is 0 Å². The quantitative estimate of drug-likeness (QED) is 0.595. The summed E-state index contributed by atoms with van der Waals surface area (Å²) < 4.78 is 1.93. The number of aliphatic imine (C=N–C) groups is 1. The average Bonchev–Trinajstić information content (AvgIpc) is 2.94. The second-order valence-electron chi connectivity index (χ2n) is 7.69. The Morgan fingerprint density at radius 1 is 1.21 bits per heavy atom. The number of benzene rings is 1. The molecule has 152 valence electrons. The molecular weight excluding hydrogens is 348 g/mol. The van der Waals surface area contributed by atoms with Gasteiger partial charge >= 0.3 is 0 Å². The maximum atomic E-state index is 4.79. The molecule has 28 heavy (non-hydrogen) atoms. The summed E-state index contributed by atoms with van der Waals surface area (Å²) in [5.74, 6) is 0.870. The second-order valence-corrected chi connectivity index (χ2v) is 7.69. The minimum absolute atomic E-state index is 0.444. The lowest BCUT2D eigenvalue weighted by Gasteiger charge is -2.34. The molecule has 2 N–H and O–H groups in total. The van der Waals surface area contributed by atoms with E-state index in [0.29, 0.717) is 12.6 Å². The molecule has 6 nitrogen and oxygen atoms in total. The Bertz CT molecular complexity index is 822. The van der Waals surface area contributed by atoms with E-state index in [1.54, 1.807) is 0 Å². The number of guanidine groups is 1. The van der Waals surface area contributed by atoms with Crippen molar-refractivity contribution < 1.29 is 0 Å². The molecule has 0 saturated carbocycles. The fourth-order valence-electron chi connectivity index (χ4n) is 3.81. The number of aromatic nitrogens is 2. The van der Waals surface area contributed by atoms with Gasteiger partial charge in [-0.3, -0.25) is 9.58 Å². The van der Waals surface area contributed by atoms with Crippen LogP contribution >= 0.6 is 0 Å². The normalized spacial score (nSPS) is 16.0. The molecule has 0 amide bonds. The van der Waals surface area contributed by atoms with Gasteiger partial charge in [0.05, 0.1) is 12.2 Å². The lowest BCUT2D eigenvalue weighted by atomic mass is 9.99. The third-order valence-corrected chi connectivity index (χ3v) is 5.75. The van der Waals surface area contributed by atoms with Crippen LogP contribution in [0.25, 0.3) is 0 Å². The molecule has 0 saturated heterocycles. The van der Waals surface area contributed by atoms with E-state index in [0.717, 1.165) is 44.3 Å². The maximum absolute atomic E-state index is 4.79. The van der Waals surface area contributed by atoms with Crippen molar-refractivity contribution in [3.63, 3.8) is 0 Å². The molecule has 3 rings (SSSR count). The highest BCUT2D eigenvalue weighted by molar-refractivity contribution is 5.79. The molecule has 0 bridgehead atoms. The SMILES string of the molecule is CCNC(=NCc1c(C)nn(C)c1C)NCC(C)N1CCc2ccccc2C1. The third kappa shape index (κ3) is 4.73. The van der Waals surface area contributed by atoms with Crippen molar-refractivity contribution in [3.05, 3.63) is 52.3 Å². The Hall–Kier alpha value is -2.34. The van der Waals surface area contributed by atoms with E-state index in [4.69, 9.17) is 4.99 Å². The second kappa shape index (κ2) is 9.24. The number of aryl methyl sites for hydroxylation is 2. The van der Waals surface area contributed by atoms with Crippen LogP contribution in [0.1, 0.15) is 41.9 Å². The molecule has 0 spiro atoms. The number of nitrogens with one attached hydrogen (secondary N) is 2. The Morgan fingerprint density at radius 3 is 2.64 bits per heavy atom. The van der Waals surface area contributed by atoms with Gasteiger partial charge in [0.1, 0.15) is 0 Å².